The van der Waals surface area contributed by atoms with Crippen molar-refractivity contribution in [3.8, 4) is 0 Å². The minimum Gasteiger partial charge on any atom is -0.300 e. The maximum Gasteiger partial charge on any atom is 0.129 e. The summed E-state index contributed by atoms with van der Waals surface area (Å²) in [7, 11) is 0. The average molecular weight is 293 g/mol. The van der Waals surface area contributed by atoms with Crippen molar-refractivity contribution in [1.29, 1.82) is 0 Å². The van der Waals surface area contributed by atoms with Gasteiger partial charge < -0.3 is 4.79 Å². The van der Waals surface area contributed by atoms with E-state index in [1.165, 1.54) is 64.2 Å². The zero-order valence-corrected chi connectivity index (χ0v) is 14.4. The zero-order chi connectivity index (χ0) is 15.6. The molecule has 0 heterocycles. The SMILES string of the molecule is CCCCCC/C=C\C/C=C\CCCCCCCC(C)=O. The van der Waals surface area contributed by atoms with Gasteiger partial charge in [0.25, 0.3) is 0 Å². The first-order valence-electron chi connectivity index (χ1n) is 9.06. The monoisotopic (exact) mass is 292 g/mol. The van der Waals surface area contributed by atoms with Crippen molar-refractivity contribution in [3.05, 3.63) is 24.3 Å². The molecule has 0 atom stereocenters. The second-order valence-electron chi connectivity index (χ2n) is 6.04. The smallest absolute Gasteiger partial charge is 0.129 e. The summed E-state index contributed by atoms with van der Waals surface area (Å²) in [4.78, 5) is 10.8. The molecule has 0 rings (SSSR count). The maximum absolute atomic E-state index is 10.8. The van der Waals surface area contributed by atoms with Crippen molar-refractivity contribution in [1.82, 2.24) is 0 Å². The number of hydrogen-bond acceptors (Lipinski definition) is 1. The second-order valence-corrected chi connectivity index (χ2v) is 6.04. The van der Waals surface area contributed by atoms with Crippen LogP contribution in [0.3, 0.4) is 0 Å². The number of allylic oxidation sites excluding steroid dienone is 4. The lowest BCUT2D eigenvalue weighted by molar-refractivity contribution is -0.117. The van der Waals surface area contributed by atoms with Crippen LogP contribution < -0.4 is 0 Å². The summed E-state index contributed by atoms with van der Waals surface area (Å²) in [6.45, 7) is 3.94. The van der Waals surface area contributed by atoms with Crippen LogP contribution >= 0.6 is 0 Å². The van der Waals surface area contributed by atoms with Gasteiger partial charge in [-0.25, -0.2) is 0 Å². The first-order chi connectivity index (χ1) is 10.3. The van der Waals surface area contributed by atoms with Gasteiger partial charge in [0.05, 0.1) is 0 Å². The van der Waals surface area contributed by atoms with Crippen molar-refractivity contribution in [2.45, 2.75) is 97.3 Å². The van der Waals surface area contributed by atoms with E-state index < -0.39 is 0 Å². The van der Waals surface area contributed by atoms with Crippen molar-refractivity contribution in [3.63, 3.8) is 0 Å². The molecular weight excluding hydrogens is 256 g/mol. The van der Waals surface area contributed by atoms with E-state index in [9.17, 15) is 4.79 Å². The van der Waals surface area contributed by atoms with Gasteiger partial charge in [-0.15, -0.1) is 0 Å². The Hall–Kier alpha value is -0.850. The highest BCUT2D eigenvalue weighted by Crippen LogP contribution is 2.08. The molecule has 122 valence electrons. The molecule has 0 unspecified atom stereocenters. The number of Topliss-reactive ketones (excluding diaryl/α,β-unsaturated/α-hetero) is 1. The Morgan fingerprint density at radius 3 is 1.81 bits per heavy atom. The summed E-state index contributed by atoms with van der Waals surface area (Å²) in [6, 6.07) is 0. The summed E-state index contributed by atoms with van der Waals surface area (Å²) < 4.78 is 0. The predicted octanol–water partition coefficient (Wildman–Crippen LogP) is 6.78. The molecule has 0 fully saturated rings. The van der Waals surface area contributed by atoms with Crippen LogP contribution in [-0.2, 0) is 4.79 Å². The highest BCUT2D eigenvalue weighted by molar-refractivity contribution is 5.75. The topological polar surface area (TPSA) is 17.1 Å². The number of unbranched alkanes of at least 4 members (excludes halogenated alkanes) is 9. The van der Waals surface area contributed by atoms with Crippen LogP contribution in [0.5, 0.6) is 0 Å². The largest absolute Gasteiger partial charge is 0.300 e. The van der Waals surface area contributed by atoms with Gasteiger partial charge in [-0.1, -0.05) is 69.8 Å². The van der Waals surface area contributed by atoms with E-state index in [0.717, 1.165) is 19.3 Å². The molecule has 0 saturated heterocycles. The first-order valence-corrected chi connectivity index (χ1v) is 9.06. The Morgan fingerprint density at radius 1 is 0.714 bits per heavy atom. The quantitative estimate of drug-likeness (QED) is 0.240. The summed E-state index contributed by atoms with van der Waals surface area (Å²) in [5, 5.41) is 0. The van der Waals surface area contributed by atoms with E-state index in [1.54, 1.807) is 6.92 Å². The third-order valence-corrected chi connectivity index (χ3v) is 3.73. The molecule has 0 spiro atoms. The van der Waals surface area contributed by atoms with Gasteiger partial charge in [0, 0.05) is 6.42 Å². The third kappa shape index (κ3) is 19.1. The Kier molecular flexibility index (Phi) is 16.5. The van der Waals surface area contributed by atoms with Crippen LogP contribution in [0.25, 0.3) is 0 Å². The van der Waals surface area contributed by atoms with E-state index in [-0.39, 0.29) is 0 Å². The van der Waals surface area contributed by atoms with Gasteiger partial charge >= 0.3 is 0 Å². The third-order valence-electron chi connectivity index (χ3n) is 3.73. The van der Waals surface area contributed by atoms with Crippen molar-refractivity contribution in [2.24, 2.45) is 0 Å². The summed E-state index contributed by atoms with van der Waals surface area (Å²) in [6.07, 6.45) is 25.1. The summed E-state index contributed by atoms with van der Waals surface area (Å²) >= 11 is 0. The van der Waals surface area contributed by atoms with E-state index in [0.29, 0.717) is 5.78 Å². The molecule has 21 heavy (non-hydrogen) atoms. The molecule has 0 aliphatic rings. The maximum atomic E-state index is 10.8. The molecule has 0 aromatic rings. The van der Waals surface area contributed by atoms with Crippen LogP contribution in [-0.4, -0.2) is 5.78 Å². The van der Waals surface area contributed by atoms with Crippen LogP contribution in [0.15, 0.2) is 24.3 Å². The first kappa shape index (κ1) is 20.1. The van der Waals surface area contributed by atoms with Crippen molar-refractivity contribution < 1.29 is 4.79 Å². The van der Waals surface area contributed by atoms with E-state index in [2.05, 4.69) is 31.2 Å². The summed E-state index contributed by atoms with van der Waals surface area (Å²) in [5.74, 6) is 0.330. The lowest BCUT2D eigenvalue weighted by atomic mass is 10.1. The van der Waals surface area contributed by atoms with Crippen LogP contribution in [0.1, 0.15) is 97.3 Å². The molecule has 0 aliphatic carbocycles. The molecule has 0 aromatic carbocycles. The van der Waals surface area contributed by atoms with E-state index >= 15 is 0 Å². The molecule has 0 amide bonds. The Balaban J connectivity index is 3.18. The predicted molar refractivity (Wildman–Crippen MR) is 94.7 cm³/mol. The standard InChI is InChI=1S/C20H36O/c1-3-4-5-6-7-8-9-10-11-12-13-14-15-16-17-18-19-20(2)21/h8-9,11-12H,3-7,10,13-19H2,1-2H3/b9-8-,12-11-. The molecule has 0 saturated carbocycles. The van der Waals surface area contributed by atoms with Crippen LogP contribution in [0.2, 0.25) is 0 Å². The van der Waals surface area contributed by atoms with Gasteiger partial charge in [-0.05, 0) is 45.4 Å². The van der Waals surface area contributed by atoms with E-state index in [4.69, 9.17) is 0 Å². The van der Waals surface area contributed by atoms with Gasteiger partial charge in [0.2, 0.25) is 0 Å². The molecule has 0 radical (unpaired) electrons. The Bertz CT molecular complexity index is 276. The number of carbonyl (C=O) groups excluding carboxylic acids is 1. The average Bonchev–Trinajstić information content (AvgIpc) is 2.46. The molecule has 0 aromatic heterocycles. The summed E-state index contributed by atoms with van der Waals surface area (Å²) in [5.41, 5.74) is 0. The fraction of sp³-hybridized carbons (Fsp3) is 0.750. The minimum atomic E-state index is 0.330. The molecule has 1 heteroatoms. The van der Waals surface area contributed by atoms with Crippen molar-refractivity contribution >= 4 is 5.78 Å². The second kappa shape index (κ2) is 17.2. The number of ketones is 1. The highest BCUT2D eigenvalue weighted by Gasteiger charge is 1.93. The van der Waals surface area contributed by atoms with Crippen LogP contribution in [0.4, 0.5) is 0 Å². The lowest BCUT2D eigenvalue weighted by Gasteiger charge is -1.98. The highest BCUT2D eigenvalue weighted by atomic mass is 16.1. The van der Waals surface area contributed by atoms with Crippen LogP contribution in [0, 0.1) is 0 Å². The molecule has 0 bridgehead atoms. The zero-order valence-electron chi connectivity index (χ0n) is 14.4. The van der Waals surface area contributed by atoms with Crippen molar-refractivity contribution in [2.75, 3.05) is 0 Å². The molecule has 0 N–H and O–H groups in total. The van der Waals surface area contributed by atoms with E-state index in [1.807, 2.05) is 0 Å². The molecular formula is C20H36O. The fourth-order valence-corrected chi connectivity index (χ4v) is 2.36. The minimum absolute atomic E-state index is 0.330. The lowest BCUT2D eigenvalue weighted by Crippen LogP contribution is -1.89. The Labute approximate surface area is 132 Å². The Morgan fingerprint density at radius 2 is 1.24 bits per heavy atom. The fourth-order valence-electron chi connectivity index (χ4n) is 2.36. The van der Waals surface area contributed by atoms with Gasteiger partial charge in [0.15, 0.2) is 0 Å². The van der Waals surface area contributed by atoms with Gasteiger partial charge in [0.1, 0.15) is 5.78 Å². The molecule has 1 nitrogen and oxygen atoms in total. The van der Waals surface area contributed by atoms with Gasteiger partial charge in [-0.3, -0.25) is 0 Å². The number of carbonyl (C=O) groups is 1. The van der Waals surface area contributed by atoms with Gasteiger partial charge in [-0.2, -0.15) is 0 Å². The number of rotatable bonds is 15. The normalized spacial score (nSPS) is 11.7. The number of hydrogen-bond donors (Lipinski definition) is 0. The molecule has 0 aliphatic heterocycles.